The molecule has 0 fully saturated rings. The number of nitriles is 1. The quantitative estimate of drug-likeness (QED) is 0.803. The van der Waals surface area contributed by atoms with Gasteiger partial charge >= 0.3 is 11.9 Å². The molecule has 2 rings (SSSR count). The molecule has 0 aliphatic heterocycles. The van der Waals surface area contributed by atoms with E-state index in [9.17, 15) is 19.6 Å². The predicted molar refractivity (Wildman–Crippen MR) is 81.8 cm³/mol. The van der Waals surface area contributed by atoms with Crippen molar-refractivity contribution in [1.29, 1.82) is 5.26 Å². The van der Waals surface area contributed by atoms with Gasteiger partial charge in [0, 0.05) is 6.42 Å². The zero-order chi connectivity index (χ0) is 17.9. The first-order valence-electron chi connectivity index (χ1n) is 7.41. The number of aromatic nitrogens is 3. The highest BCUT2D eigenvalue weighted by atomic mass is 16.5. The second kappa shape index (κ2) is 6.95. The van der Waals surface area contributed by atoms with Gasteiger partial charge in [0.1, 0.15) is 28.6 Å². The van der Waals surface area contributed by atoms with Gasteiger partial charge in [-0.15, -0.1) is 0 Å². The number of aromatic amines is 1. The Morgan fingerprint density at radius 2 is 1.75 bits per heavy atom. The highest BCUT2D eigenvalue weighted by molar-refractivity contribution is 6.08. The molecule has 1 N–H and O–H groups in total. The maximum absolute atomic E-state index is 12.5. The Bertz CT molecular complexity index is 903. The molecule has 0 bridgehead atoms. The summed E-state index contributed by atoms with van der Waals surface area (Å²) in [5.41, 5.74) is -2.03. The van der Waals surface area contributed by atoms with Crippen LogP contribution in [-0.2, 0) is 15.9 Å². The molecular formula is C15H16N4O5. The van der Waals surface area contributed by atoms with Crippen molar-refractivity contribution in [2.24, 2.45) is 0 Å². The van der Waals surface area contributed by atoms with Crippen molar-refractivity contribution >= 4 is 17.6 Å². The van der Waals surface area contributed by atoms with E-state index < -0.39 is 28.6 Å². The van der Waals surface area contributed by atoms with Crippen molar-refractivity contribution < 1.29 is 19.1 Å². The third-order valence-corrected chi connectivity index (χ3v) is 3.24. The van der Waals surface area contributed by atoms with Crippen LogP contribution in [0.5, 0.6) is 0 Å². The summed E-state index contributed by atoms with van der Waals surface area (Å²) < 4.78 is 10.8. The van der Waals surface area contributed by atoms with E-state index in [0.717, 1.165) is 4.52 Å². The summed E-state index contributed by atoms with van der Waals surface area (Å²) in [4.78, 5) is 41.2. The number of aryl methyl sites for hydroxylation is 1. The van der Waals surface area contributed by atoms with Gasteiger partial charge in [-0.3, -0.25) is 9.89 Å². The Labute approximate surface area is 136 Å². The smallest absolute Gasteiger partial charge is 0.342 e. The number of ether oxygens (including phenoxy) is 2. The van der Waals surface area contributed by atoms with Crippen LogP contribution in [0.25, 0.3) is 5.65 Å². The molecule has 0 aliphatic rings. The molecule has 0 amide bonds. The normalized spacial score (nSPS) is 10.4. The van der Waals surface area contributed by atoms with Crippen molar-refractivity contribution in [3.63, 3.8) is 0 Å². The average molecular weight is 332 g/mol. The highest BCUT2D eigenvalue weighted by Crippen LogP contribution is 2.19. The summed E-state index contributed by atoms with van der Waals surface area (Å²) in [6.45, 7) is 5.04. The van der Waals surface area contributed by atoms with E-state index in [1.54, 1.807) is 26.8 Å². The Hall–Kier alpha value is -3.15. The first-order chi connectivity index (χ1) is 11.5. The fraction of sp³-hybridized carbons (Fsp3) is 0.400. The maximum atomic E-state index is 12.5. The summed E-state index contributed by atoms with van der Waals surface area (Å²) >= 11 is 0. The van der Waals surface area contributed by atoms with Gasteiger partial charge in [-0.2, -0.15) is 9.78 Å². The second-order valence-corrected chi connectivity index (χ2v) is 4.67. The number of hydrogen-bond donors (Lipinski definition) is 1. The van der Waals surface area contributed by atoms with Crippen LogP contribution in [0.2, 0.25) is 0 Å². The first kappa shape index (κ1) is 17.2. The number of esters is 2. The number of rotatable bonds is 5. The highest BCUT2D eigenvalue weighted by Gasteiger charge is 2.31. The Kier molecular flexibility index (Phi) is 4.99. The largest absolute Gasteiger partial charge is 0.462 e. The number of hydrogen-bond acceptors (Lipinski definition) is 7. The van der Waals surface area contributed by atoms with Crippen molar-refractivity contribution in [3.8, 4) is 6.07 Å². The number of fused-ring (bicyclic) bond motifs is 1. The molecule has 2 aromatic heterocycles. The minimum Gasteiger partial charge on any atom is -0.462 e. The van der Waals surface area contributed by atoms with Crippen LogP contribution < -0.4 is 5.56 Å². The molecule has 2 heterocycles. The standard InChI is InChI=1S/C15H16N4O5/c1-4-9-17-12-11(15(22)24-6-3)10(14(21)23-5-2)8(7-16)13(20)19(12)18-9/h4-6H2,1-3H3,(H,17,18). The van der Waals surface area contributed by atoms with Crippen LogP contribution in [0, 0.1) is 11.3 Å². The molecule has 0 aromatic carbocycles. The Morgan fingerprint density at radius 1 is 1.17 bits per heavy atom. The Morgan fingerprint density at radius 3 is 2.25 bits per heavy atom. The van der Waals surface area contributed by atoms with Crippen molar-refractivity contribution in [3.05, 3.63) is 32.9 Å². The molecule has 2 aromatic rings. The van der Waals surface area contributed by atoms with Gasteiger partial charge in [-0.25, -0.2) is 14.6 Å². The van der Waals surface area contributed by atoms with Crippen LogP contribution in [0.15, 0.2) is 4.79 Å². The monoisotopic (exact) mass is 332 g/mol. The molecule has 0 radical (unpaired) electrons. The summed E-state index contributed by atoms with van der Waals surface area (Å²) in [6, 6.07) is 1.67. The number of carbonyl (C=O) groups is 2. The lowest BCUT2D eigenvalue weighted by Crippen LogP contribution is -2.27. The van der Waals surface area contributed by atoms with Crippen LogP contribution in [0.4, 0.5) is 0 Å². The minimum absolute atomic E-state index is 0.0200. The molecule has 0 unspecified atom stereocenters. The summed E-state index contributed by atoms with van der Waals surface area (Å²) in [7, 11) is 0. The first-order valence-corrected chi connectivity index (χ1v) is 7.41. The molecule has 126 valence electrons. The molecule has 24 heavy (non-hydrogen) atoms. The summed E-state index contributed by atoms with van der Waals surface area (Å²) in [6.07, 6.45) is 0.458. The van der Waals surface area contributed by atoms with Crippen molar-refractivity contribution in [1.82, 2.24) is 14.6 Å². The van der Waals surface area contributed by atoms with Crippen LogP contribution >= 0.6 is 0 Å². The van der Waals surface area contributed by atoms with Gasteiger partial charge in [0.2, 0.25) is 0 Å². The van der Waals surface area contributed by atoms with Crippen molar-refractivity contribution in [2.45, 2.75) is 27.2 Å². The lowest BCUT2D eigenvalue weighted by atomic mass is 10.0. The SMILES string of the molecule is CCOC(=O)c1c(C#N)c(=O)n2[nH]c(CC)nc2c1C(=O)OCC. The Balaban J connectivity index is 2.96. The van der Waals surface area contributed by atoms with E-state index >= 15 is 0 Å². The van der Waals surface area contributed by atoms with Gasteiger partial charge < -0.3 is 9.47 Å². The number of carbonyl (C=O) groups excluding carboxylic acids is 2. The van der Waals surface area contributed by atoms with Crippen LogP contribution in [0.3, 0.4) is 0 Å². The van der Waals surface area contributed by atoms with Gasteiger partial charge in [0.05, 0.1) is 13.2 Å². The second-order valence-electron chi connectivity index (χ2n) is 4.67. The summed E-state index contributed by atoms with van der Waals surface area (Å²) in [5, 5.41) is 12.0. The molecular weight excluding hydrogens is 316 g/mol. The molecule has 9 nitrogen and oxygen atoms in total. The van der Waals surface area contributed by atoms with E-state index in [1.807, 2.05) is 0 Å². The topological polar surface area (TPSA) is 127 Å². The van der Waals surface area contributed by atoms with Gasteiger partial charge in [-0.1, -0.05) is 6.92 Å². The van der Waals surface area contributed by atoms with Gasteiger partial charge in [0.25, 0.3) is 5.56 Å². The molecule has 0 atom stereocenters. The zero-order valence-electron chi connectivity index (χ0n) is 13.5. The van der Waals surface area contributed by atoms with Crippen LogP contribution in [-0.4, -0.2) is 39.8 Å². The van der Waals surface area contributed by atoms with E-state index in [2.05, 4.69) is 10.1 Å². The fourth-order valence-electron chi connectivity index (χ4n) is 2.22. The lowest BCUT2D eigenvalue weighted by Gasteiger charge is -2.10. The molecule has 0 spiro atoms. The third-order valence-electron chi connectivity index (χ3n) is 3.24. The number of nitrogens with zero attached hydrogens (tertiary/aromatic N) is 3. The molecule has 0 saturated carbocycles. The van der Waals surface area contributed by atoms with Gasteiger partial charge in [-0.05, 0) is 13.8 Å². The number of pyridine rings is 1. The van der Waals surface area contributed by atoms with Crippen LogP contribution in [0.1, 0.15) is 52.9 Å². The fourth-order valence-corrected chi connectivity index (χ4v) is 2.22. The van der Waals surface area contributed by atoms with E-state index in [0.29, 0.717) is 12.2 Å². The minimum atomic E-state index is -0.947. The zero-order valence-corrected chi connectivity index (χ0v) is 13.5. The number of H-pyrrole nitrogens is 1. The molecule has 0 saturated heterocycles. The predicted octanol–water partition coefficient (Wildman–Crippen LogP) is 0.810. The lowest BCUT2D eigenvalue weighted by molar-refractivity contribution is 0.0479. The maximum Gasteiger partial charge on any atom is 0.342 e. The van der Waals surface area contributed by atoms with Crippen molar-refractivity contribution in [2.75, 3.05) is 13.2 Å². The average Bonchev–Trinajstić information content (AvgIpc) is 2.99. The third kappa shape index (κ3) is 2.74. The number of nitrogens with one attached hydrogen (secondary N) is 1. The van der Waals surface area contributed by atoms with E-state index in [-0.39, 0.29) is 24.4 Å². The van der Waals surface area contributed by atoms with Gasteiger partial charge in [0.15, 0.2) is 5.65 Å². The summed E-state index contributed by atoms with van der Waals surface area (Å²) in [5.74, 6) is -1.39. The molecule has 9 heteroatoms. The van der Waals surface area contributed by atoms with E-state index in [4.69, 9.17) is 9.47 Å². The van der Waals surface area contributed by atoms with E-state index in [1.165, 1.54) is 0 Å². The molecule has 0 aliphatic carbocycles.